The first kappa shape index (κ1) is 14.6. The van der Waals surface area contributed by atoms with Gasteiger partial charge < -0.3 is 9.47 Å². The Balaban J connectivity index is 1.75. The summed E-state index contributed by atoms with van der Waals surface area (Å²) in [7, 11) is 0. The first-order chi connectivity index (χ1) is 11.1. The Morgan fingerprint density at radius 2 is 2.13 bits per heavy atom. The number of hydrogen-bond donors (Lipinski definition) is 0. The third kappa shape index (κ3) is 2.51. The quantitative estimate of drug-likeness (QED) is 0.721. The summed E-state index contributed by atoms with van der Waals surface area (Å²) in [5.74, 6) is 2.60. The fraction of sp³-hybridized carbons (Fsp3) is 0.471. The first-order valence-electron chi connectivity index (χ1n) is 8.08. The van der Waals surface area contributed by atoms with Crippen molar-refractivity contribution in [3.05, 3.63) is 35.5 Å². The smallest absolute Gasteiger partial charge is 0.141 e. The summed E-state index contributed by atoms with van der Waals surface area (Å²) in [6, 6.07) is 0.440. The summed E-state index contributed by atoms with van der Waals surface area (Å²) >= 11 is 1.71. The standard InChI is InChI=1S/C17H21N5S/c1-11-4-6-21(8-14(11)22-7-5-18-10-22)16-15-12(2)9-23-17(15)20-13(3)19-16/h5,7,9-11,14H,4,6,8H2,1-3H3. The summed E-state index contributed by atoms with van der Waals surface area (Å²) in [5.41, 5.74) is 1.28. The molecule has 1 saturated heterocycles. The lowest BCUT2D eigenvalue weighted by Gasteiger charge is -2.38. The Labute approximate surface area is 140 Å². The predicted molar refractivity (Wildman–Crippen MR) is 94.1 cm³/mol. The molecule has 1 aliphatic heterocycles. The minimum atomic E-state index is 0.440. The van der Waals surface area contributed by atoms with Crippen LogP contribution in [0.4, 0.5) is 5.82 Å². The fourth-order valence-electron chi connectivity index (χ4n) is 3.49. The van der Waals surface area contributed by atoms with Crippen molar-refractivity contribution in [2.75, 3.05) is 18.0 Å². The highest BCUT2D eigenvalue weighted by molar-refractivity contribution is 7.17. The average Bonchev–Trinajstić information content (AvgIpc) is 3.17. The van der Waals surface area contributed by atoms with Crippen molar-refractivity contribution in [2.24, 2.45) is 5.92 Å². The molecule has 0 N–H and O–H groups in total. The molecule has 6 heteroatoms. The van der Waals surface area contributed by atoms with Gasteiger partial charge in [-0.1, -0.05) is 6.92 Å². The van der Waals surface area contributed by atoms with Crippen molar-refractivity contribution in [3.8, 4) is 0 Å². The Kier molecular flexibility index (Phi) is 3.56. The third-order valence-corrected chi connectivity index (χ3v) is 5.83. The summed E-state index contributed by atoms with van der Waals surface area (Å²) in [6.07, 6.45) is 7.03. The van der Waals surface area contributed by atoms with E-state index < -0.39 is 0 Å². The summed E-state index contributed by atoms with van der Waals surface area (Å²) in [4.78, 5) is 17.1. The molecule has 0 spiro atoms. The van der Waals surface area contributed by atoms with Gasteiger partial charge in [-0.2, -0.15) is 0 Å². The van der Waals surface area contributed by atoms with Gasteiger partial charge in [0.2, 0.25) is 0 Å². The monoisotopic (exact) mass is 327 g/mol. The molecule has 1 aliphatic rings. The van der Waals surface area contributed by atoms with E-state index >= 15 is 0 Å². The molecule has 1 fully saturated rings. The van der Waals surface area contributed by atoms with Gasteiger partial charge in [0.05, 0.1) is 17.8 Å². The highest BCUT2D eigenvalue weighted by Crippen LogP contribution is 2.36. The number of anilines is 1. The van der Waals surface area contributed by atoms with E-state index in [9.17, 15) is 0 Å². The number of hydrogen-bond acceptors (Lipinski definition) is 5. The number of aryl methyl sites for hydroxylation is 2. The zero-order valence-electron chi connectivity index (χ0n) is 13.7. The first-order valence-corrected chi connectivity index (χ1v) is 8.96. The molecular weight excluding hydrogens is 306 g/mol. The van der Waals surface area contributed by atoms with E-state index in [-0.39, 0.29) is 0 Å². The van der Waals surface area contributed by atoms with Crippen LogP contribution in [0.25, 0.3) is 10.2 Å². The molecule has 0 aliphatic carbocycles. The molecule has 0 bridgehead atoms. The van der Waals surface area contributed by atoms with Crippen molar-refractivity contribution < 1.29 is 0 Å². The van der Waals surface area contributed by atoms with Crippen molar-refractivity contribution in [2.45, 2.75) is 33.2 Å². The normalized spacial score (nSPS) is 22.0. The van der Waals surface area contributed by atoms with Gasteiger partial charge in [0.15, 0.2) is 0 Å². The van der Waals surface area contributed by atoms with Crippen LogP contribution in [0.3, 0.4) is 0 Å². The molecule has 0 aromatic carbocycles. The molecule has 0 saturated carbocycles. The lowest BCUT2D eigenvalue weighted by Crippen LogP contribution is -2.41. The number of imidazole rings is 1. The Hall–Kier alpha value is -1.95. The summed E-state index contributed by atoms with van der Waals surface area (Å²) in [6.45, 7) is 8.49. The molecule has 4 heterocycles. The maximum Gasteiger partial charge on any atom is 0.141 e. The minimum Gasteiger partial charge on any atom is -0.354 e. The lowest BCUT2D eigenvalue weighted by atomic mass is 9.93. The highest BCUT2D eigenvalue weighted by Gasteiger charge is 2.29. The molecule has 0 radical (unpaired) electrons. The number of nitrogens with zero attached hydrogens (tertiary/aromatic N) is 5. The molecule has 3 aromatic heterocycles. The lowest BCUT2D eigenvalue weighted by molar-refractivity contribution is 0.298. The molecule has 120 valence electrons. The Morgan fingerprint density at radius 3 is 2.91 bits per heavy atom. The van der Waals surface area contributed by atoms with Crippen LogP contribution >= 0.6 is 11.3 Å². The van der Waals surface area contributed by atoms with Crippen LogP contribution in [0, 0.1) is 19.8 Å². The van der Waals surface area contributed by atoms with Crippen LogP contribution in [0.1, 0.15) is 30.8 Å². The van der Waals surface area contributed by atoms with Crippen LogP contribution in [-0.4, -0.2) is 32.6 Å². The van der Waals surface area contributed by atoms with E-state index in [4.69, 9.17) is 4.98 Å². The van der Waals surface area contributed by atoms with E-state index in [2.05, 4.69) is 44.9 Å². The number of aromatic nitrogens is 4. The van der Waals surface area contributed by atoms with Crippen molar-refractivity contribution in [3.63, 3.8) is 0 Å². The van der Waals surface area contributed by atoms with Gasteiger partial charge in [-0.15, -0.1) is 11.3 Å². The number of rotatable bonds is 2. The number of fused-ring (bicyclic) bond motifs is 1. The van der Waals surface area contributed by atoms with Crippen LogP contribution in [0.15, 0.2) is 24.1 Å². The van der Waals surface area contributed by atoms with Crippen LogP contribution in [0.5, 0.6) is 0 Å². The molecule has 3 aromatic rings. The third-order valence-electron chi connectivity index (χ3n) is 4.84. The summed E-state index contributed by atoms with van der Waals surface area (Å²) < 4.78 is 2.24. The van der Waals surface area contributed by atoms with Crippen LogP contribution in [-0.2, 0) is 0 Å². The Morgan fingerprint density at radius 1 is 1.26 bits per heavy atom. The van der Waals surface area contributed by atoms with Gasteiger partial charge in [-0.05, 0) is 37.1 Å². The minimum absolute atomic E-state index is 0.440. The second kappa shape index (κ2) is 5.60. The molecule has 4 rings (SSSR count). The van der Waals surface area contributed by atoms with Gasteiger partial charge in [-0.3, -0.25) is 0 Å². The van der Waals surface area contributed by atoms with E-state index in [1.165, 1.54) is 10.9 Å². The molecule has 5 nitrogen and oxygen atoms in total. The predicted octanol–water partition coefficient (Wildman–Crippen LogP) is 3.59. The van der Waals surface area contributed by atoms with E-state index in [0.29, 0.717) is 12.0 Å². The van der Waals surface area contributed by atoms with Gasteiger partial charge in [0.1, 0.15) is 16.5 Å². The topological polar surface area (TPSA) is 46.8 Å². The van der Waals surface area contributed by atoms with E-state index in [1.807, 2.05) is 19.4 Å². The molecule has 0 amide bonds. The molecule has 2 unspecified atom stereocenters. The number of thiophene rings is 1. The van der Waals surface area contributed by atoms with Crippen LogP contribution in [0.2, 0.25) is 0 Å². The van der Waals surface area contributed by atoms with Crippen molar-refractivity contribution in [1.29, 1.82) is 0 Å². The second-order valence-electron chi connectivity index (χ2n) is 6.48. The maximum absolute atomic E-state index is 4.80. The summed E-state index contributed by atoms with van der Waals surface area (Å²) in [5, 5.41) is 3.40. The molecule has 2 atom stereocenters. The number of piperidine rings is 1. The van der Waals surface area contributed by atoms with Crippen molar-refractivity contribution >= 4 is 27.4 Å². The maximum atomic E-state index is 4.80. The molecular formula is C17H21N5S. The Bertz CT molecular complexity index is 823. The van der Waals surface area contributed by atoms with Gasteiger partial charge >= 0.3 is 0 Å². The second-order valence-corrected chi connectivity index (χ2v) is 7.34. The van der Waals surface area contributed by atoms with E-state index in [1.54, 1.807) is 11.3 Å². The van der Waals surface area contributed by atoms with Gasteiger partial charge in [0.25, 0.3) is 0 Å². The zero-order chi connectivity index (χ0) is 16.0. The SMILES string of the molecule is Cc1nc(N2CCC(C)C(n3ccnc3)C2)c2c(C)csc2n1. The fourth-order valence-corrected chi connectivity index (χ4v) is 4.45. The van der Waals surface area contributed by atoms with Gasteiger partial charge in [-0.25, -0.2) is 15.0 Å². The van der Waals surface area contributed by atoms with Gasteiger partial charge in [0, 0.05) is 25.5 Å². The molecule has 23 heavy (non-hydrogen) atoms. The highest BCUT2D eigenvalue weighted by atomic mass is 32.1. The zero-order valence-corrected chi connectivity index (χ0v) is 14.5. The van der Waals surface area contributed by atoms with Crippen molar-refractivity contribution in [1.82, 2.24) is 19.5 Å². The van der Waals surface area contributed by atoms with Crippen LogP contribution < -0.4 is 4.90 Å². The van der Waals surface area contributed by atoms with E-state index in [0.717, 1.165) is 36.0 Å². The largest absolute Gasteiger partial charge is 0.354 e. The average molecular weight is 327 g/mol.